The fraction of sp³-hybridized carbons (Fsp3) is 0.450. The van der Waals surface area contributed by atoms with E-state index >= 15 is 0 Å². The molecule has 1 aromatic carbocycles. The fourth-order valence-corrected chi connectivity index (χ4v) is 3.66. The van der Waals surface area contributed by atoms with Gasteiger partial charge in [0.1, 0.15) is 18.7 Å². The van der Waals surface area contributed by atoms with Crippen molar-refractivity contribution < 1.29 is 28.7 Å². The van der Waals surface area contributed by atoms with Gasteiger partial charge < -0.3 is 15.8 Å². The van der Waals surface area contributed by atoms with Crippen LogP contribution in [0.5, 0.6) is 0 Å². The van der Waals surface area contributed by atoms with Gasteiger partial charge in [-0.2, -0.15) is 0 Å². The molecule has 160 valence electrons. The standard InChI is InChI=1S/C20H24N4O6/c1-3-22-11(2)20(29)30-10-9-23-15(25)8-7-14(18(23)27)24-17(26)12-5-4-6-13(21)16(12)19(24)28/h4-6,11,14,22H,3,7-10,21H2,1-2H3/t11-,14?/m0/s1. The minimum Gasteiger partial charge on any atom is -0.463 e. The van der Waals surface area contributed by atoms with Crippen molar-refractivity contribution >= 4 is 35.3 Å². The molecule has 1 unspecified atom stereocenters. The van der Waals surface area contributed by atoms with Crippen molar-refractivity contribution in [1.29, 1.82) is 0 Å². The van der Waals surface area contributed by atoms with Gasteiger partial charge in [-0.1, -0.05) is 13.0 Å². The number of ether oxygens (including phenoxy) is 1. The lowest BCUT2D eigenvalue weighted by atomic mass is 10.0. The molecule has 0 spiro atoms. The van der Waals surface area contributed by atoms with E-state index in [0.29, 0.717) is 6.54 Å². The molecule has 2 heterocycles. The zero-order valence-corrected chi connectivity index (χ0v) is 16.8. The number of benzene rings is 1. The molecule has 0 saturated carbocycles. The largest absolute Gasteiger partial charge is 0.463 e. The van der Waals surface area contributed by atoms with Gasteiger partial charge in [0.2, 0.25) is 5.91 Å². The average Bonchev–Trinajstić information content (AvgIpc) is 2.96. The second-order valence-corrected chi connectivity index (χ2v) is 7.14. The summed E-state index contributed by atoms with van der Waals surface area (Å²) in [6.45, 7) is 3.76. The van der Waals surface area contributed by atoms with E-state index in [-0.39, 0.29) is 42.8 Å². The number of carbonyl (C=O) groups is 5. The minimum absolute atomic E-state index is 0.0129. The maximum atomic E-state index is 12.9. The number of nitrogens with one attached hydrogen (secondary N) is 1. The Morgan fingerprint density at radius 2 is 2.00 bits per heavy atom. The molecule has 1 aromatic rings. The predicted octanol–water partition coefficient (Wildman–Crippen LogP) is -0.0764. The van der Waals surface area contributed by atoms with Crippen molar-refractivity contribution in [2.45, 2.75) is 38.8 Å². The molecular weight excluding hydrogens is 392 g/mol. The average molecular weight is 416 g/mol. The van der Waals surface area contributed by atoms with E-state index < -0.39 is 41.7 Å². The van der Waals surface area contributed by atoms with E-state index in [1.165, 1.54) is 12.1 Å². The third-order valence-corrected chi connectivity index (χ3v) is 5.20. The number of likely N-dealkylation sites (N-methyl/N-ethyl adjacent to an activating group) is 1. The summed E-state index contributed by atoms with van der Waals surface area (Å²) < 4.78 is 5.11. The molecular formula is C20H24N4O6. The Balaban J connectivity index is 1.70. The molecule has 10 heteroatoms. The van der Waals surface area contributed by atoms with Crippen LogP contribution in [0.3, 0.4) is 0 Å². The lowest BCUT2D eigenvalue weighted by Gasteiger charge is -2.34. The second-order valence-electron chi connectivity index (χ2n) is 7.14. The monoisotopic (exact) mass is 416 g/mol. The summed E-state index contributed by atoms with van der Waals surface area (Å²) in [5.41, 5.74) is 6.21. The first-order valence-electron chi connectivity index (χ1n) is 9.78. The van der Waals surface area contributed by atoms with Crippen LogP contribution in [0.1, 0.15) is 47.4 Å². The van der Waals surface area contributed by atoms with Crippen molar-refractivity contribution in [2.75, 3.05) is 25.4 Å². The van der Waals surface area contributed by atoms with Crippen molar-refractivity contribution in [3.05, 3.63) is 29.3 Å². The Morgan fingerprint density at radius 1 is 1.27 bits per heavy atom. The van der Waals surface area contributed by atoms with Crippen LogP contribution >= 0.6 is 0 Å². The highest BCUT2D eigenvalue weighted by Crippen LogP contribution is 2.31. The van der Waals surface area contributed by atoms with Crippen LogP contribution in [-0.2, 0) is 19.1 Å². The summed E-state index contributed by atoms with van der Waals surface area (Å²) in [5.74, 6) is -2.87. The Bertz CT molecular complexity index is 915. The van der Waals surface area contributed by atoms with Crippen LogP contribution in [0.25, 0.3) is 0 Å². The molecule has 0 aliphatic carbocycles. The van der Waals surface area contributed by atoms with E-state index in [1.807, 2.05) is 6.92 Å². The van der Waals surface area contributed by atoms with Gasteiger partial charge in [-0.25, -0.2) is 0 Å². The van der Waals surface area contributed by atoms with E-state index in [0.717, 1.165) is 9.80 Å². The molecule has 2 aliphatic rings. The molecule has 0 aromatic heterocycles. The molecule has 2 atom stereocenters. The summed E-state index contributed by atoms with van der Waals surface area (Å²) in [5, 5.41) is 2.90. The Morgan fingerprint density at radius 3 is 2.67 bits per heavy atom. The van der Waals surface area contributed by atoms with Crippen molar-refractivity contribution in [2.24, 2.45) is 0 Å². The molecule has 1 saturated heterocycles. The number of nitrogens with zero attached hydrogens (tertiary/aromatic N) is 2. The van der Waals surface area contributed by atoms with E-state index in [2.05, 4.69) is 5.32 Å². The van der Waals surface area contributed by atoms with Gasteiger partial charge in [-0.05, 0) is 32.0 Å². The lowest BCUT2D eigenvalue weighted by Crippen LogP contribution is -2.56. The first-order valence-corrected chi connectivity index (χ1v) is 9.78. The van der Waals surface area contributed by atoms with Crippen LogP contribution in [0.15, 0.2) is 18.2 Å². The number of fused-ring (bicyclic) bond motifs is 1. The van der Waals surface area contributed by atoms with E-state index in [9.17, 15) is 24.0 Å². The van der Waals surface area contributed by atoms with E-state index in [4.69, 9.17) is 10.5 Å². The molecule has 2 aliphatic heterocycles. The smallest absolute Gasteiger partial charge is 0.322 e. The van der Waals surface area contributed by atoms with Gasteiger partial charge in [0.25, 0.3) is 17.7 Å². The Kier molecular flexibility index (Phi) is 6.16. The summed E-state index contributed by atoms with van der Waals surface area (Å²) in [7, 11) is 0. The molecule has 0 bridgehead atoms. The Hall–Kier alpha value is -3.27. The zero-order valence-electron chi connectivity index (χ0n) is 16.8. The highest BCUT2D eigenvalue weighted by molar-refractivity contribution is 6.25. The number of nitrogen functional groups attached to an aromatic ring is 1. The van der Waals surface area contributed by atoms with Crippen molar-refractivity contribution in [3.8, 4) is 0 Å². The van der Waals surface area contributed by atoms with Crippen LogP contribution < -0.4 is 11.1 Å². The summed E-state index contributed by atoms with van der Waals surface area (Å²) >= 11 is 0. The van der Waals surface area contributed by atoms with Crippen LogP contribution in [0.4, 0.5) is 5.69 Å². The first kappa shape index (κ1) is 21.4. The van der Waals surface area contributed by atoms with Crippen LogP contribution in [0, 0.1) is 0 Å². The number of carbonyl (C=O) groups excluding carboxylic acids is 5. The predicted molar refractivity (Wildman–Crippen MR) is 105 cm³/mol. The van der Waals surface area contributed by atoms with Crippen molar-refractivity contribution in [1.82, 2.24) is 15.1 Å². The van der Waals surface area contributed by atoms with Gasteiger partial charge in [-0.15, -0.1) is 0 Å². The molecule has 3 N–H and O–H groups in total. The number of rotatable bonds is 7. The van der Waals surface area contributed by atoms with Crippen molar-refractivity contribution in [3.63, 3.8) is 0 Å². The first-order chi connectivity index (χ1) is 14.3. The third kappa shape index (κ3) is 3.78. The van der Waals surface area contributed by atoms with Gasteiger partial charge in [0.05, 0.1) is 17.7 Å². The van der Waals surface area contributed by atoms with Crippen LogP contribution in [-0.4, -0.2) is 71.2 Å². The summed E-state index contributed by atoms with van der Waals surface area (Å²) in [6, 6.07) is 2.93. The maximum Gasteiger partial charge on any atom is 0.322 e. The highest BCUT2D eigenvalue weighted by atomic mass is 16.5. The highest BCUT2D eigenvalue weighted by Gasteiger charge is 2.47. The fourth-order valence-electron chi connectivity index (χ4n) is 3.66. The zero-order chi connectivity index (χ0) is 22.0. The summed E-state index contributed by atoms with van der Waals surface area (Å²) in [6.07, 6.45) is 0.0256. The maximum absolute atomic E-state index is 12.9. The van der Waals surface area contributed by atoms with E-state index in [1.54, 1.807) is 13.0 Å². The number of amides is 4. The number of anilines is 1. The van der Waals surface area contributed by atoms with Gasteiger partial charge in [0.15, 0.2) is 0 Å². The lowest BCUT2D eigenvalue weighted by molar-refractivity contribution is -0.156. The Labute approximate surface area is 173 Å². The number of hydrogen-bond donors (Lipinski definition) is 2. The molecule has 10 nitrogen and oxygen atoms in total. The number of imide groups is 2. The van der Waals surface area contributed by atoms with Gasteiger partial charge in [-0.3, -0.25) is 33.8 Å². The number of piperidine rings is 1. The number of esters is 1. The molecule has 0 radical (unpaired) electrons. The number of hydrogen-bond acceptors (Lipinski definition) is 8. The summed E-state index contributed by atoms with van der Waals surface area (Å²) in [4.78, 5) is 64.4. The van der Waals surface area contributed by atoms with Gasteiger partial charge >= 0.3 is 5.97 Å². The molecule has 1 fully saturated rings. The second kappa shape index (κ2) is 8.62. The third-order valence-electron chi connectivity index (χ3n) is 5.20. The number of likely N-dealkylation sites (tertiary alicyclic amines) is 1. The molecule has 3 rings (SSSR count). The van der Waals surface area contributed by atoms with Gasteiger partial charge in [0, 0.05) is 12.1 Å². The normalized spacial score (nSPS) is 19.9. The van der Waals surface area contributed by atoms with Crippen LogP contribution in [0.2, 0.25) is 0 Å². The topological polar surface area (TPSA) is 139 Å². The number of nitrogens with two attached hydrogens (primary N) is 1. The quantitative estimate of drug-likeness (QED) is 0.358. The molecule has 30 heavy (non-hydrogen) atoms. The SMILES string of the molecule is CCN[C@@H](C)C(=O)OCCN1C(=O)CCC(N2C(=O)c3cccc(N)c3C2=O)C1=O. The minimum atomic E-state index is -1.11. The molecule has 4 amide bonds.